The third kappa shape index (κ3) is 7.13. The number of para-hydroxylation sites is 3. The molecule has 192 valence electrons. The van der Waals surface area contributed by atoms with Crippen LogP contribution in [0.4, 0.5) is 0 Å². The van der Waals surface area contributed by atoms with Crippen molar-refractivity contribution in [3.8, 4) is 17.2 Å². The minimum absolute atomic E-state index is 0.0169. The van der Waals surface area contributed by atoms with E-state index < -0.39 is 0 Å². The Morgan fingerprint density at radius 1 is 1.00 bits per heavy atom. The van der Waals surface area contributed by atoms with E-state index in [1.54, 1.807) is 7.11 Å². The molecule has 0 spiro atoms. The molecule has 0 unspecified atom stereocenters. The standard InChI is InChI=1S/C30H33N3O4/c1-3-10-23-15-16-27(28(21-23)35-2)36-20-9-19-33-26-14-8-7-13-25(26)32-29(33)17-18-31-30(34)22-37-24-11-5-4-6-12-24/h3-8,10-16,21H,9,17-20,22H2,1-2H3,(H,31,34)/b10-3+. The van der Waals surface area contributed by atoms with Gasteiger partial charge < -0.3 is 24.1 Å². The molecule has 7 heteroatoms. The summed E-state index contributed by atoms with van der Waals surface area (Å²) in [5, 5.41) is 2.93. The van der Waals surface area contributed by atoms with Crippen LogP contribution < -0.4 is 19.5 Å². The fraction of sp³-hybridized carbons (Fsp3) is 0.267. The van der Waals surface area contributed by atoms with E-state index in [2.05, 4.69) is 16.0 Å². The number of amides is 1. The monoisotopic (exact) mass is 499 g/mol. The molecule has 1 amide bonds. The van der Waals surface area contributed by atoms with Gasteiger partial charge in [-0.2, -0.15) is 0 Å². The molecule has 4 aromatic rings. The molecule has 0 radical (unpaired) electrons. The average molecular weight is 500 g/mol. The summed E-state index contributed by atoms with van der Waals surface area (Å²) in [6.07, 6.45) is 5.43. The zero-order valence-electron chi connectivity index (χ0n) is 21.4. The lowest BCUT2D eigenvalue weighted by atomic mass is 10.2. The maximum atomic E-state index is 12.2. The number of nitrogens with zero attached hydrogens (tertiary/aromatic N) is 2. The van der Waals surface area contributed by atoms with E-state index in [9.17, 15) is 4.79 Å². The molecule has 1 N–H and O–H groups in total. The maximum Gasteiger partial charge on any atom is 0.257 e. The molecule has 37 heavy (non-hydrogen) atoms. The first-order valence-corrected chi connectivity index (χ1v) is 12.5. The second kappa shape index (κ2) is 13.2. The second-order valence-electron chi connectivity index (χ2n) is 8.48. The van der Waals surface area contributed by atoms with E-state index in [0.717, 1.165) is 46.9 Å². The summed E-state index contributed by atoms with van der Waals surface area (Å²) in [7, 11) is 1.65. The first-order chi connectivity index (χ1) is 18.2. The van der Waals surface area contributed by atoms with Crippen molar-refractivity contribution in [3.63, 3.8) is 0 Å². The Kier molecular flexibility index (Phi) is 9.18. The van der Waals surface area contributed by atoms with Gasteiger partial charge in [0, 0.05) is 19.5 Å². The van der Waals surface area contributed by atoms with Crippen molar-refractivity contribution in [1.82, 2.24) is 14.9 Å². The Labute approximate surface area is 217 Å². The predicted molar refractivity (Wildman–Crippen MR) is 146 cm³/mol. The van der Waals surface area contributed by atoms with Gasteiger partial charge in [-0.15, -0.1) is 0 Å². The number of benzene rings is 3. The van der Waals surface area contributed by atoms with Gasteiger partial charge in [0.1, 0.15) is 11.6 Å². The second-order valence-corrected chi connectivity index (χ2v) is 8.48. The zero-order chi connectivity index (χ0) is 25.9. The van der Waals surface area contributed by atoms with Gasteiger partial charge in [-0.1, -0.05) is 48.6 Å². The van der Waals surface area contributed by atoms with Crippen molar-refractivity contribution < 1.29 is 19.0 Å². The van der Waals surface area contributed by atoms with Gasteiger partial charge in [0.15, 0.2) is 18.1 Å². The molecule has 0 atom stereocenters. The van der Waals surface area contributed by atoms with Crippen LogP contribution in [-0.4, -0.2) is 42.3 Å². The first-order valence-electron chi connectivity index (χ1n) is 12.5. The number of rotatable bonds is 13. The third-order valence-corrected chi connectivity index (χ3v) is 5.85. The van der Waals surface area contributed by atoms with Gasteiger partial charge in [0.05, 0.1) is 24.8 Å². The number of carbonyl (C=O) groups excluding carboxylic acids is 1. The lowest BCUT2D eigenvalue weighted by Gasteiger charge is -2.13. The number of nitrogens with one attached hydrogen (secondary N) is 1. The van der Waals surface area contributed by atoms with E-state index in [4.69, 9.17) is 19.2 Å². The van der Waals surface area contributed by atoms with Gasteiger partial charge >= 0.3 is 0 Å². The van der Waals surface area contributed by atoms with E-state index in [1.807, 2.05) is 85.8 Å². The summed E-state index contributed by atoms with van der Waals surface area (Å²) in [4.78, 5) is 17.0. The van der Waals surface area contributed by atoms with Crippen LogP contribution in [0, 0.1) is 0 Å². The Morgan fingerprint density at radius 3 is 2.62 bits per heavy atom. The van der Waals surface area contributed by atoms with E-state index >= 15 is 0 Å². The fourth-order valence-electron chi connectivity index (χ4n) is 4.10. The number of carbonyl (C=O) groups is 1. The van der Waals surface area contributed by atoms with E-state index in [0.29, 0.717) is 25.3 Å². The first kappa shape index (κ1) is 25.8. The van der Waals surface area contributed by atoms with E-state index in [-0.39, 0.29) is 12.5 Å². The molecule has 0 bridgehead atoms. The number of ether oxygens (including phenoxy) is 3. The zero-order valence-corrected chi connectivity index (χ0v) is 21.4. The highest BCUT2D eigenvalue weighted by atomic mass is 16.5. The Morgan fingerprint density at radius 2 is 1.81 bits per heavy atom. The maximum absolute atomic E-state index is 12.2. The molecule has 1 heterocycles. The van der Waals surface area contributed by atoms with Crippen molar-refractivity contribution in [2.45, 2.75) is 26.3 Å². The van der Waals surface area contributed by atoms with Crippen LogP contribution in [0.3, 0.4) is 0 Å². The van der Waals surface area contributed by atoms with Gasteiger partial charge in [-0.3, -0.25) is 4.79 Å². The topological polar surface area (TPSA) is 74.6 Å². The number of aryl methyl sites for hydroxylation is 1. The average Bonchev–Trinajstić information content (AvgIpc) is 3.28. The normalized spacial score (nSPS) is 11.1. The Bertz CT molecular complexity index is 1330. The van der Waals surface area contributed by atoms with Crippen molar-refractivity contribution >= 4 is 23.0 Å². The summed E-state index contributed by atoms with van der Waals surface area (Å²) >= 11 is 0. The number of allylic oxidation sites excluding steroid dienone is 1. The molecular formula is C30H33N3O4. The quantitative estimate of drug-likeness (QED) is 0.253. The number of fused-ring (bicyclic) bond motifs is 1. The number of methoxy groups -OCH3 is 1. The third-order valence-electron chi connectivity index (χ3n) is 5.85. The van der Waals surface area contributed by atoms with Gasteiger partial charge in [-0.05, 0) is 55.3 Å². The largest absolute Gasteiger partial charge is 0.493 e. The van der Waals surface area contributed by atoms with Crippen molar-refractivity contribution in [3.05, 3.63) is 90.3 Å². The smallest absolute Gasteiger partial charge is 0.257 e. The van der Waals surface area contributed by atoms with Crippen LogP contribution >= 0.6 is 0 Å². The molecule has 0 aliphatic heterocycles. The van der Waals surface area contributed by atoms with Crippen LogP contribution in [0.2, 0.25) is 0 Å². The summed E-state index contributed by atoms with van der Waals surface area (Å²) < 4.78 is 19.3. The molecular weight excluding hydrogens is 466 g/mol. The van der Waals surface area contributed by atoms with Crippen LogP contribution in [0.1, 0.15) is 24.7 Å². The number of hydrogen-bond acceptors (Lipinski definition) is 5. The van der Waals surface area contributed by atoms with Crippen molar-refractivity contribution in [1.29, 1.82) is 0 Å². The van der Waals surface area contributed by atoms with Gasteiger partial charge in [0.2, 0.25) is 0 Å². The number of hydrogen-bond donors (Lipinski definition) is 1. The minimum Gasteiger partial charge on any atom is -0.493 e. The van der Waals surface area contributed by atoms with Crippen LogP contribution in [0.5, 0.6) is 17.2 Å². The highest BCUT2D eigenvalue weighted by Crippen LogP contribution is 2.29. The van der Waals surface area contributed by atoms with Crippen LogP contribution in [0.15, 0.2) is 78.9 Å². The minimum atomic E-state index is -0.158. The van der Waals surface area contributed by atoms with Crippen molar-refractivity contribution in [2.24, 2.45) is 0 Å². The molecule has 0 saturated heterocycles. The summed E-state index contributed by atoms with van der Waals surface area (Å²) in [5.41, 5.74) is 3.09. The highest BCUT2D eigenvalue weighted by molar-refractivity contribution is 5.77. The fourth-order valence-corrected chi connectivity index (χ4v) is 4.10. The van der Waals surface area contributed by atoms with Crippen molar-refractivity contribution in [2.75, 3.05) is 26.9 Å². The summed E-state index contributed by atoms with van der Waals surface area (Å²) in [6.45, 7) is 3.74. The molecule has 3 aromatic carbocycles. The van der Waals surface area contributed by atoms with E-state index in [1.165, 1.54) is 0 Å². The Hall–Kier alpha value is -4.26. The summed E-state index contributed by atoms with van der Waals surface area (Å²) in [5.74, 6) is 2.89. The lowest BCUT2D eigenvalue weighted by molar-refractivity contribution is -0.123. The highest BCUT2D eigenvalue weighted by Gasteiger charge is 2.12. The molecule has 7 nitrogen and oxygen atoms in total. The van der Waals surface area contributed by atoms with Crippen LogP contribution in [-0.2, 0) is 17.8 Å². The molecule has 0 fully saturated rings. The van der Waals surface area contributed by atoms with Gasteiger partial charge in [0.25, 0.3) is 5.91 Å². The Balaban J connectivity index is 1.32. The van der Waals surface area contributed by atoms with Crippen LogP contribution in [0.25, 0.3) is 17.1 Å². The molecule has 1 aromatic heterocycles. The molecule has 0 aliphatic carbocycles. The molecule has 0 aliphatic rings. The molecule has 0 saturated carbocycles. The van der Waals surface area contributed by atoms with Gasteiger partial charge in [-0.25, -0.2) is 4.98 Å². The summed E-state index contributed by atoms with van der Waals surface area (Å²) in [6, 6.07) is 23.3. The number of aromatic nitrogens is 2. The SMILES string of the molecule is C/C=C/c1ccc(OCCCn2c(CCNC(=O)COc3ccccc3)nc3ccccc32)c(OC)c1. The predicted octanol–water partition coefficient (Wildman–Crippen LogP) is 5.28. The molecule has 4 rings (SSSR count). The lowest BCUT2D eigenvalue weighted by Crippen LogP contribution is -2.31. The number of imidazole rings is 1.